The molecule has 1 aliphatic rings. The molecule has 24 heavy (non-hydrogen) atoms. The van der Waals surface area contributed by atoms with Crippen molar-refractivity contribution in [3.05, 3.63) is 0 Å². The van der Waals surface area contributed by atoms with Crippen molar-refractivity contribution >= 4 is 17.7 Å². The van der Waals surface area contributed by atoms with E-state index in [1.165, 1.54) is 7.11 Å². The van der Waals surface area contributed by atoms with E-state index in [9.17, 15) is 14.4 Å². The summed E-state index contributed by atoms with van der Waals surface area (Å²) in [4.78, 5) is 38.1. The van der Waals surface area contributed by atoms with E-state index in [2.05, 4.69) is 10.6 Å². The number of methoxy groups -OCH3 is 1. The van der Waals surface area contributed by atoms with Crippen molar-refractivity contribution in [3.63, 3.8) is 0 Å². The molecule has 3 amide bonds. The van der Waals surface area contributed by atoms with Crippen LogP contribution in [0.15, 0.2) is 0 Å². The van der Waals surface area contributed by atoms with Gasteiger partial charge in [0.15, 0.2) is 0 Å². The Balaban J connectivity index is 0.00000254. The van der Waals surface area contributed by atoms with Gasteiger partial charge in [-0.3, -0.25) is 14.4 Å². The van der Waals surface area contributed by atoms with Crippen LogP contribution in [0.4, 0.5) is 0 Å². The Labute approximate surface area is 145 Å². The minimum absolute atomic E-state index is 0.0985. The smallest absolute Gasteiger partial charge is 0.246 e. The second-order valence-electron chi connectivity index (χ2n) is 6.60. The van der Waals surface area contributed by atoms with Gasteiger partial charge in [0.05, 0.1) is 0 Å². The number of likely N-dealkylation sites (N-methyl/N-ethyl adjacent to an activating group) is 1. The highest BCUT2D eigenvalue weighted by Crippen LogP contribution is 2.25. The molecule has 1 saturated heterocycles. The highest BCUT2D eigenvalue weighted by Gasteiger charge is 2.41. The van der Waals surface area contributed by atoms with E-state index < -0.39 is 17.5 Å². The summed E-state index contributed by atoms with van der Waals surface area (Å²) in [5.41, 5.74) is -0.462. The Morgan fingerprint density at radius 2 is 1.83 bits per heavy atom. The zero-order valence-electron chi connectivity index (χ0n) is 16.1. The maximum absolute atomic E-state index is 12.9. The monoisotopic (exact) mass is 343 g/mol. The number of rotatable bonds is 5. The second kappa shape index (κ2) is 10.3. The molecule has 1 heterocycles. The summed E-state index contributed by atoms with van der Waals surface area (Å²) in [5, 5.41) is 5.32. The average Bonchev–Trinajstić information content (AvgIpc) is 3.02. The first-order valence-corrected chi connectivity index (χ1v) is 8.52. The molecular weight excluding hydrogens is 310 g/mol. The standard InChI is InChI=1S/C15H27N3O4.C2H6/c1-15(2,3)12(17-11(19)9-22-5)14(21)18-8-6-7-10(18)13(20)16-4;1-2/h10,12H,6-9H2,1-5H3,(H,16,20)(H,17,19);1-2H3. The molecule has 0 spiro atoms. The van der Waals surface area contributed by atoms with E-state index in [4.69, 9.17) is 4.74 Å². The number of carbonyl (C=O) groups is 3. The molecule has 2 unspecified atom stereocenters. The first-order valence-electron chi connectivity index (χ1n) is 8.52. The van der Waals surface area contributed by atoms with Crippen LogP contribution in [0.25, 0.3) is 0 Å². The SMILES string of the molecule is CC.CNC(=O)C1CCCN1C(=O)C(NC(=O)COC)C(C)(C)C. The normalized spacial score (nSPS) is 18.3. The van der Waals surface area contributed by atoms with Gasteiger partial charge in [-0.15, -0.1) is 0 Å². The molecule has 0 bridgehead atoms. The van der Waals surface area contributed by atoms with Gasteiger partial charge in [0.2, 0.25) is 17.7 Å². The fraction of sp³-hybridized carbons (Fsp3) is 0.824. The number of carbonyl (C=O) groups excluding carboxylic acids is 3. The molecule has 1 fully saturated rings. The Hall–Kier alpha value is -1.63. The number of amides is 3. The lowest BCUT2D eigenvalue weighted by Gasteiger charge is -2.35. The highest BCUT2D eigenvalue weighted by atomic mass is 16.5. The molecule has 7 nitrogen and oxygen atoms in total. The van der Waals surface area contributed by atoms with Crippen LogP contribution in [0.5, 0.6) is 0 Å². The maximum Gasteiger partial charge on any atom is 0.246 e. The van der Waals surface area contributed by atoms with Crippen molar-refractivity contribution in [2.45, 2.75) is 59.5 Å². The summed E-state index contributed by atoms with van der Waals surface area (Å²) in [6.45, 7) is 10.1. The predicted molar refractivity (Wildman–Crippen MR) is 93.4 cm³/mol. The summed E-state index contributed by atoms with van der Waals surface area (Å²) >= 11 is 0. The van der Waals surface area contributed by atoms with Gasteiger partial charge in [-0.1, -0.05) is 34.6 Å². The average molecular weight is 343 g/mol. The van der Waals surface area contributed by atoms with Crippen LogP contribution in [-0.2, 0) is 19.1 Å². The number of hydrogen-bond donors (Lipinski definition) is 2. The van der Waals surface area contributed by atoms with Crippen molar-refractivity contribution in [3.8, 4) is 0 Å². The van der Waals surface area contributed by atoms with Crippen molar-refractivity contribution < 1.29 is 19.1 Å². The molecule has 0 aromatic heterocycles. The van der Waals surface area contributed by atoms with Crippen molar-refractivity contribution in [1.29, 1.82) is 0 Å². The maximum atomic E-state index is 12.9. The van der Waals surface area contributed by atoms with Crippen LogP contribution >= 0.6 is 0 Å². The Kier molecular flexibility index (Phi) is 9.58. The van der Waals surface area contributed by atoms with Crippen LogP contribution in [0.3, 0.4) is 0 Å². The molecular formula is C17H33N3O4. The minimum Gasteiger partial charge on any atom is -0.375 e. The summed E-state index contributed by atoms with van der Waals surface area (Å²) in [7, 11) is 2.99. The van der Waals surface area contributed by atoms with Gasteiger partial charge in [0, 0.05) is 20.7 Å². The third kappa shape index (κ3) is 6.11. The van der Waals surface area contributed by atoms with Crippen molar-refractivity contribution in [2.75, 3.05) is 27.3 Å². The highest BCUT2D eigenvalue weighted by molar-refractivity contribution is 5.93. The first-order chi connectivity index (χ1) is 11.2. The Morgan fingerprint density at radius 1 is 1.25 bits per heavy atom. The van der Waals surface area contributed by atoms with Gasteiger partial charge < -0.3 is 20.3 Å². The van der Waals surface area contributed by atoms with E-state index >= 15 is 0 Å². The zero-order valence-corrected chi connectivity index (χ0v) is 16.1. The van der Waals surface area contributed by atoms with E-state index in [1.807, 2.05) is 34.6 Å². The molecule has 0 aromatic carbocycles. The molecule has 0 aliphatic carbocycles. The van der Waals surface area contributed by atoms with Gasteiger partial charge in [-0.2, -0.15) is 0 Å². The van der Waals surface area contributed by atoms with Crippen molar-refractivity contribution in [2.24, 2.45) is 5.41 Å². The summed E-state index contributed by atoms with van der Waals surface area (Å²) in [6.07, 6.45) is 1.43. The molecule has 1 aliphatic heterocycles. The molecule has 0 aromatic rings. The van der Waals surface area contributed by atoms with Crippen LogP contribution in [-0.4, -0.2) is 62.0 Å². The van der Waals surface area contributed by atoms with Crippen molar-refractivity contribution in [1.82, 2.24) is 15.5 Å². The molecule has 0 saturated carbocycles. The molecule has 140 valence electrons. The molecule has 7 heteroatoms. The van der Waals surface area contributed by atoms with Crippen LogP contribution in [0.1, 0.15) is 47.5 Å². The van der Waals surface area contributed by atoms with Crippen LogP contribution < -0.4 is 10.6 Å². The zero-order chi connectivity index (χ0) is 18.9. The second-order valence-corrected chi connectivity index (χ2v) is 6.60. The number of nitrogens with one attached hydrogen (secondary N) is 2. The summed E-state index contributed by atoms with van der Waals surface area (Å²) in [5.74, 6) is -0.726. The number of hydrogen-bond acceptors (Lipinski definition) is 4. The summed E-state index contributed by atoms with van der Waals surface area (Å²) < 4.78 is 4.80. The molecule has 0 radical (unpaired) electrons. The van der Waals surface area contributed by atoms with Gasteiger partial charge in [-0.25, -0.2) is 0 Å². The number of nitrogens with zero attached hydrogens (tertiary/aromatic N) is 1. The Morgan fingerprint density at radius 3 is 2.29 bits per heavy atom. The van der Waals surface area contributed by atoms with E-state index in [-0.39, 0.29) is 24.3 Å². The fourth-order valence-electron chi connectivity index (χ4n) is 2.62. The minimum atomic E-state index is -0.694. The van der Waals surface area contributed by atoms with E-state index in [0.29, 0.717) is 13.0 Å². The lowest BCUT2D eigenvalue weighted by atomic mass is 9.85. The molecule has 2 N–H and O–H groups in total. The molecule has 2 atom stereocenters. The first kappa shape index (κ1) is 22.4. The predicted octanol–water partition coefficient (Wildman–Crippen LogP) is 0.927. The topological polar surface area (TPSA) is 87.7 Å². The number of ether oxygens (including phenoxy) is 1. The summed E-state index contributed by atoms with van der Waals surface area (Å²) in [6, 6.07) is -1.15. The quantitative estimate of drug-likeness (QED) is 0.777. The lowest BCUT2D eigenvalue weighted by Crippen LogP contribution is -2.57. The number of likely N-dealkylation sites (tertiary alicyclic amines) is 1. The lowest BCUT2D eigenvalue weighted by molar-refractivity contribution is -0.144. The Bertz CT molecular complexity index is 432. The third-order valence-corrected chi connectivity index (χ3v) is 3.78. The molecule has 1 rings (SSSR count). The van der Waals surface area contributed by atoms with Gasteiger partial charge in [-0.05, 0) is 18.3 Å². The largest absolute Gasteiger partial charge is 0.375 e. The van der Waals surface area contributed by atoms with Crippen LogP contribution in [0.2, 0.25) is 0 Å². The van der Waals surface area contributed by atoms with E-state index in [0.717, 1.165) is 6.42 Å². The van der Waals surface area contributed by atoms with Crippen LogP contribution in [0, 0.1) is 5.41 Å². The van der Waals surface area contributed by atoms with Gasteiger partial charge >= 0.3 is 0 Å². The van der Waals surface area contributed by atoms with E-state index in [1.54, 1.807) is 11.9 Å². The van der Waals surface area contributed by atoms with Gasteiger partial charge in [0.25, 0.3) is 0 Å². The fourth-order valence-corrected chi connectivity index (χ4v) is 2.62. The third-order valence-electron chi connectivity index (χ3n) is 3.78. The van der Waals surface area contributed by atoms with Gasteiger partial charge in [0.1, 0.15) is 18.7 Å².